The molecule has 1 fully saturated rings. The smallest absolute Gasteiger partial charge is 0.321 e. The second kappa shape index (κ2) is 8.49. The minimum atomic E-state index is -0.471. The summed E-state index contributed by atoms with van der Waals surface area (Å²) in [7, 11) is 0. The maximum absolute atomic E-state index is 12.1. The van der Waals surface area contributed by atoms with Gasteiger partial charge < -0.3 is 14.6 Å². The van der Waals surface area contributed by atoms with E-state index in [1.807, 2.05) is 18.7 Å². The van der Waals surface area contributed by atoms with Crippen LogP contribution in [0.1, 0.15) is 30.8 Å². The average Bonchev–Trinajstić information content (AvgIpc) is 3.08. The molecule has 0 bridgehead atoms. The van der Waals surface area contributed by atoms with Crippen molar-refractivity contribution < 1.29 is 18.8 Å². The van der Waals surface area contributed by atoms with E-state index >= 15 is 0 Å². The standard InChI is InChI=1S/C16H24N4O4/c1-3-12(2)17-16(23)18-14(21)11-19-6-8-20(9-7-19)15(22)13-5-4-10-24-13/h4-5,10,12H,3,6-9,11H2,1-2H3,(H2,17,18,21,23)/t12-/m1/s1. The molecule has 1 saturated heterocycles. The summed E-state index contributed by atoms with van der Waals surface area (Å²) in [6, 6.07) is 2.87. The highest BCUT2D eigenvalue weighted by Gasteiger charge is 2.24. The summed E-state index contributed by atoms with van der Waals surface area (Å²) in [5, 5.41) is 5.01. The molecular weight excluding hydrogens is 312 g/mol. The zero-order valence-corrected chi connectivity index (χ0v) is 14.1. The number of furan rings is 1. The first kappa shape index (κ1) is 18.0. The molecule has 132 valence electrons. The van der Waals surface area contributed by atoms with Crippen LogP contribution in [-0.4, -0.2) is 66.4 Å². The highest BCUT2D eigenvalue weighted by molar-refractivity contribution is 5.95. The molecule has 1 atom stereocenters. The van der Waals surface area contributed by atoms with Crippen molar-refractivity contribution in [2.45, 2.75) is 26.3 Å². The second-order valence-corrected chi connectivity index (χ2v) is 5.88. The van der Waals surface area contributed by atoms with Crippen LogP contribution in [0, 0.1) is 0 Å². The van der Waals surface area contributed by atoms with Crippen LogP contribution in [0.4, 0.5) is 4.79 Å². The average molecular weight is 336 g/mol. The molecular formula is C16H24N4O4. The first-order chi connectivity index (χ1) is 11.5. The van der Waals surface area contributed by atoms with Crippen LogP contribution in [0.2, 0.25) is 0 Å². The number of hydrogen-bond acceptors (Lipinski definition) is 5. The van der Waals surface area contributed by atoms with Crippen molar-refractivity contribution in [2.75, 3.05) is 32.7 Å². The maximum Gasteiger partial charge on any atom is 0.321 e. The lowest BCUT2D eigenvalue weighted by atomic mass is 10.2. The Balaban J connectivity index is 1.71. The van der Waals surface area contributed by atoms with Gasteiger partial charge in [-0.05, 0) is 25.5 Å². The van der Waals surface area contributed by atoms with Crippen LogP contribution in [0.5, 0.6) is 0 Å². The minimum absolute atomic E-state index is 0.0222. The Morgan fingerprint density at radius 1 is 1.25 bits per heavy atom. The third-order valence-electron chi connectivity index (χ3n) is 4.00. The Kier molecular flexibility index (Phi) is 6.36. The zero-order chi connectivity index (χ0) is 17.5. The van der Waals surface area contributed by atoms with Gasteiger partial charge in [0.25, 0.3) is 5.91 Å². The van der Waals surface area contributed by atoms with E-state index in [4.69, 9.17) is 4.42 Å². The Labute approximate surface area is 141 Å². The van der Waals surface area contributed by atoms with Gasteiger partial charge in [0.15, 0.2) is 5.76 Å². The highest BCUT2D eigenvalue weighted by Crippen LogP contribution is 2.09. The molecule has 2 heterocycles. The summed E-state index contributed by atoms with van der Waals surface area (Å²) >= 11 is 0. The van der Waals surface area contributed by atoms with Crippen molar-refractivity contribution in [3.63, 3.8) is 0 Å². The van der Waals surface area contributed by atoms with E-state index in [1.165, 1.54) is 6.26 Å². The second-order valence-electron chi connectivity index (χ2n) is 5.88. The van der Waals surface area contributed by atoms with Crippen molar-refractivity contribution in [1.82, 2.24) is 20.4 Å². The Hall–Kier alpha value is -2.35. The summed E-state index contributed by atoms with van der Waals surface area (Å²) in [5.74, 6) is -0.165. The lowest BCUT2D eigenvalue weighted by molar-refractivity contribution is -0.121. The molecule has 8 heteroatoms. The van der Waals surface area contributed by atoms with Gasteiger partial charge in [0.2, 0.25) is 5.91 Å². The SMILES string of the molecule is CC[C@@H](C)NC(=O)NC(=O)CN1CCN(C(=O)c2ccco2)CC1. The monoisotopic (exact) mass is 336 g/mol. The van der Waals surface area contributed by atoms with Crippen molar-refractivity contribution in [2.24, 2.45) is 0 Å². The number of nitrogens with zero attached hydrogens (tertiary/aromatic N) is 2. The van der Waals surface area contributed by atoms with Crippen molar-refractivity contribution in [3.05, 3.63) is 24.2 Å². The van der Waals surface area contributed by atoms with Crippen LogP contribution in [0.3, 0.4) is 0 Å². The molecule has 4 amide bonds. The number of imide groups is 1. The van der Waals surface area contributed by atoms with Gasteiger partial charge in [-0.2, -0.15) is 0 Å². The summed E-state index contributed by atoms with van der Waals surface area (Å²) in [6.45, 7) is 6.16. The minimum Gasteiger partial charge on any atom is -0.459 e. The van der Waals surface area contributed by atoms with Crippen LogP contribution in [-0.2, 0) is 4.79 Å². The maximum atomic E-state index is 12.1. The summed E-state index contributed by atoms with van der Waals surface area (Å²) in [5.41, 5.74) is 0. The highest BCUT2D eigenvalue weighted by atomic mass is 16.3. The van der Waals surface area contributed by atoms with Gasteiger partial charge in [0.1, 0.15) is 0 Å². The molecule has 0 unspecified atom stereocenters. The Morgan fingerprint density at radius 3 is 2.54 bits per heavy atom. The van der Waals surface area contributed by atoms with E-state index in [9.17, 15) is 14.4 Å². The number of carbonyl (C=O) groups is 3. The molecule has 0 radical (unpaired) electrons. The van der Waals surface area contributed by atoms with Crippen LogP contribution < -0.4 is 10.6 Å². The molecule has 0 saturated carbocycles. The number of rotatable bonds is 5. The summed E-state index contributed by atoms with van der Waals surface area (Å²) in [4.78, 5) is 39.3. The molecule has 0 aromatic carbocycles. The third-order valence-corrected chi connectivity index (χ3v) is 4.00. The van der Waals surface area contributed by atoms with E-state index in [-0.39, 0.29) is 24.4 Å². The molecule has 24 heavy (non-hydrogen) atoms. The molecule has 2 N–H and O–H groups in total. The molecule has 8 nitrogen and oxygen atoms in total. The normalized spacial score (nSPS) is 16.5. The van der Waals surface area contributed by atoms with Gasteiger partial charge in [-0.25, -0.2) is 4.79 Å². The number of hydrogen-bond donors (Lipinski definition) is 2. The number of urea groups is 1. The predicted molar refractivity (Wildman–Crippen MR) is 87.5 cm³/mol. The lowest BCUT2D eigenvalue weighted by Crippen LogP contribution is -2.52. The predicted octanol–water partition coefficient (Wildman–Crippen LogP) is 0.662. The van der Waals surface area contributed by atoms with Crippen molar-refractivity contribution in [3.8, 4) is 0 Å². The van der Waals surface area contributed by atoms with E-state index in [0.717, 1.165) is 6.42 Å². The van der Waals surface area contributed by atoms with Crippen LogP contribution in [0.15, 0.2) is 22.8 Å². The molecule has 2 rings (SSSR count). The van der Waals surface area contributed by atoms with Crippen LogP contribution in [0.25, 0.3) is 0 Å². The largest absolute Gasteiger partial charge is 0.459 e. The molecule has 0 spiro atoms. The lowest BCUT2D eigenvalue weighted by Gasteiger charge is -2.33. The zero-order valence-electron chi connectivity index (χ0n) is 14.1. The molecule has 1 aromatic rings. The number of piperazine rings is 1. The number of amides is 4. The fourth-order valence-corrected chi connectivity index (χ4v) is 2.40. The van der Waals surface area contributed by atoms with E-state index in [2.05, 4.69) is 10.6 Å². The van der Waals surface area contributed by atoms with Gasteiger partial charge in [-0.3, -0.25) is 19.8 Å². The molecule has 0 aliphatic carbocycles. The van der Waals surface area contributed by atoms with E-state index in [0.29, 0.717) is 31.9 Å². The first-order valence-electron chi connectivity index (χ1n) is 8.15. The summed E-state index contributed by atoms with van der Waals surface area (Å²) < 4.78 is 5.11. The summed E-state index contributed by atoms with van der Waals surface area (Å²) in [6.07, 6.45) is 2.27. The Morgan fingerprint density at radius 2 is 1.96 bits per heavy atom. The van der Waals surface area contributed by atoms with Gasteiger partial charge in [-0.15, -0.1) is 0 Å². The first-order valence-corrected chi connectivity index (χ1v) is 8.15. The fraction of sp³-hybridized carbons (Fsp3) is 0.562. The van der Waals surface area contributed by atoms with E-state index < -0.39 is 6.03 Å². The van der Waals surface area contributed by atoms with Crippen molar-refractivity contribution in [1.29, 1.82) is 0 Å². The van der Waals surface area contributed by atoms with E-state index in [1.54, 1.807) is 17.0 Å². The quantitative estimate of drug-likeness (QED) is 0.824. The number of nitrogens with one attached hydrogen (secondary N) is 2. The topological polar surface area (TPSA) is 94.9 Å². The van der Waals surface area contributed by atoms with Crippen molar-refractivity contribution >= 4 is 17.8 Å². The van der Waals surface area contributed by atoms with Gasteiger partial charge in [-0.1, -0.05) is 6.92 Å². The van der Waals surface area contributed by atoms with Gasteiger partial charge in [0, 0.05) is 32.2 Å². The Bertz CT molecular complexity index is 565. The molecule has 1 aromatic heterocycles. The third kappa shape index (κ3) is 5.09. The fourth-order valence-electron chi connectivity index (χ4n) is 2.40. The molecule has 1 aliphatic heterocycles. The van der Waals surface area contributed by atoms with Crippen LogP contribution >= 0.6 is 0 Å². The van der Waals surface area contributed by atoms with Gasteiger partial charge >= 0.3 is 6.03 Å². The number of carbonyl (C=O) groups excluding carboxylic acids is 3. The molecule has 1 aliphatic rings. The van der Waals surface area contributed by atoms with Gasteiger partial charge in [0.05, 0.1) is 12.8 Å².